The summed E-state index contributed by atoms with van der Waals surface area (Å²) in [7, 11) is 0. The van der Waals surface area contributed by atoms with Gasteiger partial charge in [0.05, 0.1) is 11.8 Å². The number of hydrogen-bond acceptors (Lipinski definition) is 2. The van der Waals surface area contributed by atoms with Gasteiger partial charge in [-0.2, -0.15) is 0 Å². The quantitative estimate of drug-likeness (QED) is 0.442. The maximum Gasteiger partial charge on any atom is 0.234 e. The second kappa shape index (κ2) is 8.35. The fraction of sp³-hybridized carbons (Fsp3) is 0.214. The molecule has 2 aliphatic rings. The summed E-state index contributed by atoms with van der Waals surface area (Å²) in [5.41, 5.74) is 3.31. The molecule has 3 nitrogen and oxygen atoms in total. The zero-order valence-electron chi connectivity index (χ0n) is 17.3. The number of carbonyl (C=O) groups excluding carboxylic acids is 2. The van der Waals surface area contributed by atoms with Gasteiger partial charge in [-0.05, 0) is 23.1 Å². The number of likely N-dealkylation sites (tertiary alicyclic amines) is 1. The molecule has 0 aromatic heterocycles. The van der Waals surface area contributed by atoms with E-state index in [0.29, 0.717) is 13.0 Å². The Morgan fingerprint density at radius 2 is 1.00 bits per heavy atom. The van der Waals surface area contributed by atoms with Gasteiger partial charge in [-0.1, -0.05) is 103 Å². The minimum atomic E-state index is -0.360. The number of nitrogens with zero attached hydrogens (tertiary/aromatic N) is 1. The van der Waals surface area contributed by atoms with Gasteiger partial charge >= 0.3 is 0 Å². The molecule has 31 heavy (non-hydrogen) atoms. The SMILES string of the molecule is O=C1[C@H]2[C@H](C(=O)N1CCc1ccccc1)[C@H](c1ccccc1)C=C[C@H]2c1ccccc1. The van der Waals surface area contributed by atoms with Gasteiger partial charge in [-0.3, -0.25) is 14.5 Å². The summed E-state index contributed by atoms with van der Waals surface area (Å²) < 4.78 is 0. The first-order chi connectivity index (χ1) is 15.2. The molecule has 1 aliphatic heterocycles. The highest BCUT2D eigenvalue weighted by Gasteiger charge is 2.54. The van der Waals surface area contributed by atoms with Gasteiger partial charge in [0.25, 0.3) is 0 Å². The average molecular weight is 408 g/mol. The van der Waals surface area contributed by atoms with E-state index in [0.717, 1.165) is 16.7 Å². The van der Waals surface area contributed by atoms with Crippen LogP contribution in [0.15, 0.2) is 103 Å². The second-order valence-electron chi connectivity index (χ2n) is 8.37. The zero-order chi connectivity index (χ0) is 21.2. The van der Waals surface area contributed by atoms with Gasteiger partial charge in [0, 0.05) is 18.4 Å². The lowest BCUT2D eigenvalue weighted by Gasteiger charge is -2.32. The van der Waals surface area contributed by atoms with Crippen LogP contribution in [0, 0.1) is 11.8 Å². The van der Waals surface area contributed by atoms with E-state index in [9.17, 15) is 9.59 Å². The highest BCUT2D eigenvalue weighted by atomic mass is 16.2. The van der Waals surface area contributed by atoms with Crippen LogP contribution in [-0.4, -0.2) is 23.3 Å². The molecule has 0 N–H and O–H groups in total. The van der Waals surface area contributed by atoms with Gasteiger partial charge in [0.1, 0.15) is 0 Å². The van der Waals surface area contributed by atoms with Crippen LogP contribution in [0.25, 0.3) is 0 Å². The minimum absolute atomic E-state index is 0.0370. The van der Waals surface area contributed by atoms with Gasteiger partial charge < -0.3 is 0 Å². The molecule has 3 aromatic carbocycles. The van der Waals surface area contributed by atoms with Gasteiger partial charge in [0.2, 0.25) is 11.8 Å². The van der Waals surface area contributed by atoms with Crippen LogP contribution in [0.3, 0.4) is 0 Å². The molecule has 1 heterocycles. The molecule has 154 valence electrons. The van der Waals surface area contributed by atoms with Crippen molar-refractivity contribution < 1.29 is 9.59 Å². The summed E-state index contributed by atoms with van der Waals surface area (Å²) in [6.07, 6.45) is 4.96. The fourth-order valence-electron chi connectivity index (χ4n) is 5.10. The van der Waals surface area contributed by atoms with E-state index in [2.05, 4.69) is 36.4 Å². The molecule has 2 amide bonds. The number of fused-ring (bicyclic) bond motifs is 1. The first-order valence-electron chi connectivity index (χ1n) is 10.9. The van der Waals surface area contributed by atoms with Crippen molar-refractivity contribution in [3.8, 4) is 0 Å². The van der Waals surface area contributed by atoms with Crippen LogP contribution in [0.1, 0.15) is 28.5 Å². The molecule has 3 heteroatoms. The first kappa shape index (κ1) is 19.5. The molecule has 0 saturated carbocycles. The van der Waals surface area contributed by atoms with Crippen molar-refractivity contribution in [3.05, 3.63) is 120 Å². The molecular weight excluding hydrogens is 382 g/mol. The van der Waals surface area contributed by atoms with E-state index < -0.39 is 0 Å². The van der Waals surface area contributed by atoms with Crippen molar-refractivity contribution in [2.45, 2.75) is 18.3 Å². The predicted octanol–water partition coefficient (Wildman–Crippen LogP) is 4.97. The minimum Gasteiger partial charge on any atom is -0.282 e. The van der Waals surface area contributed by atoms with Crippen molar-refractivity contribution >= 4 is 11.8 Å². The molecule has 0 unspecified atom stereocenters. The second-order valence-corrected chi connectivity index (χ2v) is 8.37. The molecule has 4 atom stereocenters. The summed E-state index contributed by atoms with van der Waals surface area (Å²) in [6, 6.07) is 30.2. The van der Waals surface area contributed by atoms with Gasteiger partial charge in [-0.15, -0.1) is 0 Å². The van der Waals surface area contributed by atoms with E-state index in [1.54, 1.807) is 0 Å². The Morgan fingerprint density at radius 1 is 0.581 bits per heavy atom. The number of amides is 2. The summed E-state index contributed by atoms with van der Waals surface area (Å²) in [5.74, 6) is -0.953. The van der Waals surface area contributed by atoms with Crippen molar-refractivity contribution in [2.24, 2.45) is 11.8 Å². The van der Waals surface area contributed by atoms with Crippen molar-refractivity contribution in [1.29, 1.82) is 0 Å². The van der Waals surface area contributed by atoms with E-state index in [1.165, 1.54) is 4.90 Å². The Balaban J connectivity index is 1.50. The average Bonchev–Trinajstić information content (AvgIpc) is 3.09. The number of carbonyl (C=O) groups is 2. The third-order valence-electron chi connectivity index (χ3n) is 6.62. The predicted molar refractivity (Wildman–Crippen MR) is 121 cm³/mol. The Bertz CT molecular complexity index is 1020. The van der Waals surface area contributed by atoms with Crippen LogP contribution < -0.4 is 0 Å². The number of hydrogen-bond donors (Lipinski definition) is 0. The smallest absolute Gasteiger partial charge is 0.234 e. The van der Waals surface area contributed by atoms with Gasteiger partial charge in [-0.25, -0.2) is 0 Å². The number of allylic oxidation sites excluding steroid dienone is 2. The highest BCUT2D eigenvalue weighted by molar-refractivity contribution is 6.06. The summed E-state index contributed by atoms with van der Waals surface area (Å²) in [5, 5.41) is 0. The van der Waals surface area contributed by atoms with E-state index in [1.807, 2.05) is 66.7 Å². The monoisotopic (exact) mass is 407 g/mol. The lowest BCUT2D eigenvalue weighted by Crippen LogP contribution is -2.33. The fourth-order valence-corrected chi connectivity index (χ4v) is 5.10. The largest absolute Gasteiger partial charge is 0.282 e. The summed E-state index contributed by atoms with van der Waals surface area (Å²) >= 11 is 0. The maximum atomic E-state index is 13.6. The lowest BCUT2D eigenvalue weighted by atomic mass is 9.68. The summed E-state index contributed by atoms with van der Waals surface area (Å²) in [6.45, 7) is 0.428. The standard InChI is InChI=1S/C28H25NO2/c30-27-25-23(21-12-6-2-7-13-21)16-17-24(22-14-8-3-9-15-22)26(25)28(31)29(27)19-18-20-10-4-1-5-11-20/h1-17,23-26H,18-19H2/t23-,24-,25+,26+/m0/s1. The van der Waals surface area contributed by atoms with E-state index in [-0.39, 0.29) is 35.5 Å². The van der Waals surface area contributed by atoms with Crippen LogP contribution in [0.2, 0.25) is 0 Å². The molecule has 0 spiro atoms. The molecule has 0 radical (unpaired) electrons. The molecular formula is C28H25NO2. The van der Waals surface area contributed by atoms with E-state index >= 15 is 0 Å². The Morgan fingerprint density at radius 3 is 1.45 bits per heavy atom. The summed E-state index contributed by atoms with van der Waals surface area (Å²) in [4.78, 5) is 28.7. The number of rotatable bonds is 5. The van der Waals surface area contributed by atoms with Crippen molar-refractivity contribution in [3.63, 3.8) is 0 Å². The first-order valence-corrected chi connectivity index (χ1v) is 10.9. The molecule has 1 fully saturated rings. The molecule has 5 rings (SSSR count). The Kier molecular flexibility index (Phi) is 5.25. The third kappa shape index (κ3) is 3.61. The molecule has 1 saturated heterocycles. The van der Waals surface area contributed by atoms with Crippen LogP contribution in [0.5, 0.6) is 0 Å². The van der Waals surface area contributed by atoms with Crippen molar-refractivity contribution in [2.75, 3.05) is 6.54 Å². The normalized spacial score (nSPS) is 25.0. The van der Waals surface area contributed by atoms with E-state index in [4.69, 9.17) is 0 Å². The van der Waals surface area contributed by atoms with Crippen LogP contribution in [-0.2, 0) is 16.0 Å². The Hall–Kier alpha value is -3.46. The maximum absolute atomic E-state index is 13.6. The van der Waals surface area contributed by atoms with Crippen LogP contribution >= 0.6 is 0 Å². The number of benzene rings is 3. The lowest BCUT2D eigenvalue weighted by molar-refractivity contribution is -0.139. The Labute approximate surface area is 183 Å². The topological polar surface area (TPSA) is 37.4 Å². The van der Waals surface area contributed by atoms with Crippen LogP contribution in [0.4, 0.5) is 0 Å². The molecule has 0 bridgehead atoms. The molecule has 3 aromatic rings. The molecule has 1 aliphatic carbocycles. The number of imide groups is 1. The third-order valence-corrected chi connectivity index (χ3v) is 6.62. The van der Waals surface area contributed by atoms with Gasteiger partial charge in [0.15, 0.2) is 0 Å². The highest BCUT2D eigenvalue weighted by Crippen LogP contribution is 2.49. The van der Waals surface area contributed by atoms with Crippen molar-refractivity contribution in [1.82, 2.24) is 4.90 Å². The zero-order valence-corrected chi connectivity index (χ0v) is 17.3.